The van der Waals surface area contributed by atoms with Gasteiger partial charge in [0.05, 0.1) is 0 Å². The Morgan fingerprint density at radius 2 is 1.70 bits per heavy atom. The number of aryl methyl sites for hydroxylation is 1. The third-order valence-electron chi connectivity index (χ3n) is 1.24. The molecule has 0 aliphatic carbocycles. The van der Waals surface area contributed by atoms with Crippen molar-refractivity contribution in [3.8, 4) is 0 Å². The monoisotopic (exact) mass is 210 g/mol. The average molecular weight is 209 g/mol. The maximum atomic E-state index is 2.60. The van der Waals surface area contributed by atoms with Gasteiger partial charge in [-0.2, -0.15) is 0 Å². The maximum absolute atomic E-state index is 2.60. The summed E-state index contributed by atoms with van der Waals surface area (Å²) in [6.45, 7) is 0. The Balaban J connectivity index is 0.000000810. The van der Waals surface area contributed by atoms with E-state index in [9.17, 15) is 0 Å². The standard InChI is InChI=1S/C8H10Se.Na.H/c9-7-6-8-4-2-1-3-5-8;;/h1-5,9H,6-7H2;;. The zero-order valence-corrected chi connectivity index (χ0v) is 7.12. The van der Waals surface area contributed by atoms with Crippen LogP contribution in [0.3, 0.4) is 0 Å². The molecule has 1 aromatic rings. The van der Waals surface area contributed by atoms with Gasteiger partial charge in [-0.25, -0.2) is 0 Å². The molecule has 10 heavy (non-hydrogen) atoms. The van der Waals surface area contributed by atoms with Crippen LogP contribution in [-0.2, 0) is 6.42 Å². The van der Waals surface area contributed by atoms with Crippen LogP contribution < -0.4 is 0 Å². The first-order chi connectivity index (χ1) is 4.43. The predicted octanol–water partition coefficient (Wildman–Crippen LogP) is 0.900. The number of benzene rings is 1. The average Bonchev–Trinajstić information content (AvgIpc) is 1.91. The van der Waals surface area contributed by atoms with Gasteiger partial charge in [-0.15, -0.1) is 0 Å². The molecule has 0 saturated carbocycles. The second kappa shape index (κ2) is 6.45. The van der Waals surface area contributed by atoms with Gasteiger partial charge in [0.25, 0.3) is 0 Å². The first-order valence-electron chi connectivity index (χ1n) is 3.08. The Hall–Kier alpha value is 0.739. The van der Waals surface area contributed by atoms with E-state index in [-0.39, 0.29) is 29.6 Å². The minimum absolute atomic E-state index is 0. The Kier molecular flexibility index (Phi) is 6.93. The van der Waals surface area contributed by atoms with Crippen molar-refractivity contribution >= 4 is 45.6 Å². The number of hydrogen-bond donors (Lipinski definition) is 0. The molecule has 0 aliphatic rings. The first kappa shape index (κ1) is 10.7. The van der Waals surface area contributed by atoms with Crippen LogP contribution in [0.2, 0.25) is 5.32 Å². The molecule has 1 rings (SSSR count). The predicted molar refractivity (Wildman–Crippen MR) is 49.3 cm³/mol. The summed E-state index contributed by atoms with van der Waals surface area (Å²) in [4.78, 5) is 0. The summed E-state index contributed by atoms with van der Waals surface area (Å²) < 4.78 is 0. The molecule has 0 aliphatic heterocycles. The second-order valence-electron chi connectivity index (χ2n) is 1.96. The molecule has 2 heteroatoms. The minimum atomic E-state index is 0. The third kappa shape index (κ3) is 3.80. The number of rotatable bonds is 2. The van der Waals surface area contributed by atoms with E-state index in [1.54, 1.807) is 0 Å². The van der Waals surface area contributed by atoms with Gasteiger partial charge in [0, 0.05) is 0 Å². The summed E-state index contributed by atoms with van der Waals surface area (Å²) in [5.74, 6) is 0. The summed E-state index contributed by atoms with van der Waals surface area (Å²) in [7, 11) is 0. The molecule has 0 spiro atoms. The molecule has 0 fully saturated rings. The van der Waals surface area contributed by atoms with Crippen LogP contribution in [0.4, 0.5) is 0 Å². The zero-order valence-electron chi connectivity index (χ0n) is 5.25. The molecule has 0 nitrogen and oxygen atoms in total. The van der Waals surface area contributed by atoms with Crippen LogP contribution >= 0.6 is 0 Å². The van der Waals surface area contributed by atoms with Crippen LogP contribution in [0.1, 0.15) is 5.56 Å². The molecule has 0 aromatic heterocycles. The van der Waals surface area contributed by atoms with Gasteiger partial charge in [-0.1, -0.05) is 0 Å². The second-order valence-corrected chi connectivity index (χ2v) is 2.90. The molecule has 1 aromatic carbocycles. The normalized spacial score (nSPS) is 8.50. The van der Waals surface area contributed by atoms with E-state index in [4.69, 9.17) is 0 Å². The van der Waals surface area contributed by atoms with Crippen molar-refractivity contribution in [3.63, 3.8) is 0 Å². The van der Waals surface area contributed by atoms with Crippen molar-refractivity contribution in [1.29, 1.82) is 0 Å². The summed E-state index contributed by atoms with van der Waals surface area (Å²) >= 11 is 2.60. The van der Waals surface area contributed by atoms with E-state index in [1.807, 2.05) is 6.07 Å². The van der Waals surface area contributed by atoms with Gasteiger partial charge in [-0.3, -0.25) is 0 Å². The summed E-state index contributed by atoms with van der Waals surface area (Å²) in [6.07, 6.45) is 1.18. The number of hydrogen-bond acceptors (Lipinski definition) is 0. The van der Waals surface area contributed by atoms with E-state index in [0.29, 0.717) is 0 Å². The van der Waals surface area contributed by atoms with E-state index >= 15 is 0 Å². The molecule has 0 N–H and O–H groups in total. The molecule has 0 bridgehead atoms. The Morgan fingerprint density at radius 3 is 2.20 bits per heavy atom. The summed E-state index contributed by atoms with van der Waals surface area (Å²) in [5, 5.41) is 1.18. The summed E-state index contributed by atoms with van der Waals surface area (Å²) in [6, 6.07) is 10.5. The van der Waals surface area contributed by atoms with E-state index < -0.39 is 0 Å². The fourth-order valence-electron chi connectivity index (χ4n) is 0.774. The van der Waals surface area contributed by atoms with Crippen molar-refractivity contribution < 1.29 is 0 Å². The molecular formula is C8H11NaSe. The Bertz CT molecular complexity index is 162. The van der Waals surface area contributed by atoms with Gasteiger partial charge in [-0.05, 0) is 0 Å². The third-order valence-corrected chi connectivity index (χ3v) is 1.71. The van der Waals surface area contributed by atoms with Crippen molar-refractivity contribution in [3.05, 3.63) is 35.9 Å². The van der Waals surface area contributed by atoms with Crippen LogP contribution in [0, 0.1) is 0 Å². The van der Waals surface area contributed by atoms with E-state index in [0.717, 1.165) is 0 Å². The van der Waals surface area contributed by atoms with Crippen molar-refractivity contribution in [2.75, 3.05) is 0 Å². The summed E-state index contributed by atoms with van der Waals surface area (Å²) in [5.41, 5.74) is 1.43. The topological polar surface area (TPSA) is 0 Å². The molecule has 0 atom stereocenters. The Labute approximate surface area is 92.5 Å². The molecule has 0 heterocycles. The van der Waals surface area contributed by atoms with Gasteiger partial charge < -0.3 is 0 Å². The van der Waals surface area contributed by atoms with Crippen LogP contribution in [0.15, 0.2) is 30.3 Å². The zero-order chi connectivity index (χ0) is 6.53. The van der Waals surface area contributed by atoms with Gasteiger partial charge in [0.2, 0.25) is 0 Å². The molecule has 0 unspecified atom stereocenters. The van der Waals surface area contributed by atoms with Crippen LogP contribution in [-0.4, -0.2) is 45.6 Å². The van der Waals surface area contributed by atoms with Gasteiger partial charge >= 0.3 is 93.2 Å². The van der Waals surface area contributed by atoms with Crippen molar-refractivity contribution in [1.82, 2.24) is 0 Å². The quantitative estimate of drug-likeness (QED) is 0.635. The molecule has 0 radical (unpaired) electrons. The molecule has 0 saturated heterocycles. The molecule has 0 amide bonds. The van der Waals surface area contributed by atoms with Gasteiger partial charge in [0.1, 0.15) is 0 Å². The van der Waals surface area contributed by atoms with E-state index in [1.165, 1.54) is 17.3 Å². The van der Waals surface area contributed by atoms with Crippen molar-refractivity contribution in [2.24, 2.45) is 0 Å². The fraction of sp³-hybridized carbons (Fsp3) is 0.250. The molecule has 50 valence electrons. The van der Waals surface area contributed by atoms with Crippen molar-refractivity contribution in [2.45, 2.75) is 11.7 Å². The fourth-order valence-corrected chi connectivity index (χ4v) is 1.32. The Morgan fingerprint density at radius 1 is 1.10 bits per heavy atom. The van der Waals surface area contributed by atoms with E-state index in [2.05, 4.69) is 40.3 Å². The first-order valence-corrected chi connectivity index (χ1v) is 4.41. The van der Waals surface area contributed by atoms with Gasteiger partial charge in [0.15, 0.2) is 0 Å². The van der Waals surface area contributed by atoms with Crippen LogP contribution in [0.25, 0.3) is 0 Å². The molecular weight excluding hydrogens is 198 g/mol. The SMILES string of the molecule is [NaH].[SeH]CCc1ccccc1. The van der Waals surface area contributed by atoms with Crippen LogP contribution in [0.5, 0.6) is 0 Å².